The van der Waals surface area contributed by atoms with Gasteiger partial charge in [0.2, 0.25) is 5.91 Å². The molecule has 1 fully saturated rings. The van der Waals surface area contributed by atoms with Crippen molar-refractivity contribution in [1.29, 1.82) is 0 Å². The van der Waals surface area contributed by atoms with Crippen LogP contribution in [0.4, 0.5) is 0 Å². The van der Waals surface area contributed by atoms with Gasteiger partial charge in [0.15, 0.2) is 0 Å². The van der Waals surface area contributed by atoms with Gasteiger partial charge in [-0.05, 0) is 49.4 Å². The third-order valence-corrected chi connectivity index (χ3v) is 5.25. The maximum absolute atomic E-state index is 12.4. The SMILES string of the molecule is CCC(CC(=O)NC1CC(N(CC)CC(=O)O)C1)c1ccc(OC)cc1. The zero-order chi connectivity index (χ0) is 19.1. The van der Waals surface area contributed by atoms with E-state index >= 15 is 0 Å². The highest BCUT2D eigenvalue weighted by Crippen LogP contribution is 2.28. The predicted molar refractivity (Wildman–Crippen MR) is 100 cm³/mol. The highest BCUT2D eigenvalue weighted by molar-refractivity contribution is 5.77. The molecular weight excluding hydrogens is 332 g/mol. The first kappa shape index (κ1) is 20.2. The van der Waals surface area contributed by atoms with Crippen molar-refractivity contribution in [3.8, 4) is 5.75 Å². The van der Waals surface area contributed by atoms with Crippen LogP contribution in [0, 0.1) is 0 Å². The van der Waals surface area contributed by atoms with Gasteiger partial charge in [0.1, 0.15) is 5.75 Å². The molecule has 1 saturated carbocycles. The number of amides is 1. The molecule has 6 nitrogen and oxygen atoms in total. The largest absolute Gasteiger partial charge is 0.497 e. The number of benzene rings is 1. The number of rotatable bonds is 10. The Bertz CT molecular complexity index is 596. The Morgan fingerprint density at radius 3 is 2.42 bits per heavy atom. The molecule has 0 aliphatic heterocycles. The van der Waals surface area contributed by atoms with Crippen LogP contribution in [0.1, 0.15) is 51.0 Å². The summed E-state index contributed by atoms with van der Waals surface area (Å²) in [5.74, 6) is 0.272. The maximum atomic E-state index is 12.4. The smallest absolute Gasteiger partial charge is 0.317 e. The normalized spacial score (nSPS) is 20.3. The lowest BCUT2D eigenvalue weighted by Gasteiger charge is -2.42. The lowest BCUT2D eigenvalue weighted by atomic mass is 9.84. The van der Waals surface area contributed by atoms with Crippen molar-refractivity contribution >= 4 is 11.9 Å². The van der Waals surface area contributed by atoms with Gasteiger partial charge in [0, 0.05) is 18.5 Å². The fourth-order valence-electron chi connectivity index (χ4n) is 3.56. The van der Waals surface area contributed by atoms with Crippen LogP contribution in [-0.4, -0.2) is 54.2 Å². The Balaban J connectivity index is 1.80. The number of aliphatic carboxylic acids is 1. The lowest BCUT2D eigenvalue weighted by molar-refractivity contribution is -0.139. The second-order valence-corrected chi connectivity index (χ2v) is 6.93. The van der Waals surface area contributed by atoms with E-state index in [9.17, 15) is 9.59 Å². The average Bonchev–Trinajstić information content (AvgIpc) is 2.60. The first-order chi connectivity index (χ1) is 12.5. The number of carboxylic acid groups (broad SMARTS) is 1. The number of hydrogen-bond donors (Lipinski definition) is 2. The summed E-state index contributed by atoms with van der Waals surface area (Å²) < 4.78 is 5.18. The van der Waals surface area contributed by atoms with Crippen molar-refractivity contribution in [2.24, 2.45) is 0 Å². The number of likely N-dealkylation sites (N-methyl/N-ethyl adjacent to an activating group) is 1. The van der Waals surface area contributed by atoms with Gasteiger partial charge >= 0.3 is 5.97 Å². The molecule has 0 radical (unpaired) electrons. The van der Waals surface area contributed by atoms with E-state index in [1.54, 1.807) is 7.11 Å². The second kappa shape index (κ2) is 9.57. The van der Waals surface area contributed by atoms with E-state index in [-0.39, 0.29) is 30.5 Å². The number of nitrogens with one attached hydrogen (secondary N) is 1. The molecule has 1 amide bonds. The van der Waals surface area contributed by atoms with Gasteiger partial charge in [-0.1, -0.05) is 26.0 Å². The Labute approximate surface area is 155 Å². The number of carbonyl (C=O) groups is 2. The Hall–Kier alpha value is -2.08. The van der Waals surface area contributed by atoms with E-state index in [0.717, 1.165) is 30.6 Å². The summed E-state index contributed by atoms with van der Waals surface area (Å²) in [5, 5.41) is 12.0. The molecule has 1 aromatic rings. The van der Waals surface area contributed by atoms with E-state index in [2.05, 4.69) is 12.2 Å². The van der Waals surface area contributed by atoms with Crippen LogP contribution >= 0.6 is 0 Å². The maximum Gasteiger partial charge on any atom is 0.317 e. The van der Waals surface area contributed by atoms with Crippen LogP contribution in [0.5, 0.6) is 5.75 Å². The molecule has 2 N–H and O–H groups in total. The molecule has 1 aliphatic rings. The summed E-state index contributed by atoms with van der Waals surface area (Å²) in [4.78, 5) is 25.2. The highest BCUT2D eigenvalue weighted by Gasteiger charge is 2.34. The summed E-state index contributed by atoms with van der Waals surface area (Å²) in [6.07, 6.45) is 3.02. The fraction of sp³-hybridized carbons (Fsp3) is 0.600. The first-order valence-corrected chi connectivity index (χ1v) is 9.35. The van der Waals surface area contributed by atoms with Crippen LogP contribution in [0.3, 0.4) is 0 Å². The number of nitrogens with zero attached hydrogens (tertiary/aromatic N) is 1. The van der Waals surface area contributed by atoms with E-state index in [1.807, 2.05) is 36.1 Å². The fourth-order valence-corrected chi connectivity index (χ4v) is 3.56. The molecule has 1 aliphatic carbocycles. The second-order valence-electron chi connectivity index (χ2n) is 6.93. The van der Waals surface area contributed by atoms with Crippen LogP contribution < -0.4 is 10.1 Å². The molecule has 0 heterocycles. The van der Waals surface area contributed by atoms with E-state index in [1.165, 1.54) is 0 Å². The third kappa shape index (κ3) is 5.46. The van der Waals surface area contributed by atoms with Crippen molar-refractivity contribution < 1.29 is 19.4 Å². The minimum atomic E-state index is -0.801. The number of carbonyl (C=O) groups excluding carboxylic acids is 1. The Morgan fingerprint density at radius 2 is 1.92 bits per heavy atom. The topological polar surface area (TPSA) is 78.9 Å². The molecule has 1 atom stereocenters. The van der Waals surface area contributed by atoms with Crippen molar-refractivity contribution in [2.75, 3.05) is 20.2 Å². The van der Waals surface area contributed by atoms with Crippen molar-refractivity contribution in [1.82, 2.24) is 10.2 Å². The molecule has 0 bridgehead atoms. The number of ether oxygens (including phenoxy) is 1. The molecule has 0 aromatic heterocycles. The minimum Gasteiger partial charge on any atom is -0.497 e. The summed E-state index contributed by atoms with van der Waals surface area (Å²) in [6, 6.07) is 8.30. The molecule has 144 valence electrons. The van der Waals surface area contributed by atoms with E-state index in [0.29, 0.717) is 13.0 Å². The number of methoxy groups -OCH3 is 1. The Kier molecular flexibility index (Phi) is 7.45. The average molecular weight is 362 g/mol. The van der Waals surface area contributed by atoms with Crippen molar-refractivity contribution in [3.05, 3.63) is 29.8 Å². The molecule has 0 spiro atoms. The van der Waals surface area contributed by atoms with E-state index < -0.39 is 5.97 Å². The minimum absolute atomic E-state index is 0.0667. The summed E-state index contributed by atoms with van der Waals surface area (Å²) >= 11 is 0. The molecule has 0 saturated heterocycles. The quantitative estimate of drug-likeness (QED) is 0.669. The third-order valence-electron chi connectivity index (χ3n) is 5.25. The van der Waals surface area contributed by atoms with Gasteiger partial charge in [-0.25, -0.2) is 0 Å². The van der Waals surface area contributed by atoms with Crippen LogP contribution in [0.25, 0.3) is 0 Å². The van der Waals surface area contributed by atoms with Gasteiger partial charge in [0.05, 0.1) is 13.7 Å². The Morgan fingerprint density at radius 1 is 1.27 bits per heavy atom. The summed E-state index contributed by atoms with van der Waals surface area (Å²) in [7, 11) is 1.64. The van der Waals surface area contributed by atoms with Gasteiger partial charge in [-0.3, -0.25) is 14.5 Å². The zero-order valence-corrected chi connectivity index (χ0v) is 15.9. The summed E-state index contributed by atoms with van der Waals surface area (Å²) in [5.41, 5.74) is 1.15. The van der Waals surface area contributed by atoms with Gasteiger partial charge in [0.25, 0.3) is 0 Å². The number of hydrogen-bond acceptors (Lipinski definition) is 4. The van der Waals surface area contributed by atoms with Gasteiger partial charge in [-0.2, -0.15) is 0 Å². The standard InChI is InChI=1S/C20H30N2O4/c1-4-14(15-6-8-18(26-3)9-7-15)10-19(23)21-16-11-17(12-16)22(5-2)13-20(24)25/h6-9,14,16-17H,4-5,10-13H2,1-3H3,(H,21,23)(H,24,25). The molecule has 26 heavy (non-hydrogen) atoms. The first-order valence-electron chi connectivity index (χ1n) is 9.35. The van der Waals surface area contributed by atoms with Crippen molar-refractivity contribution in [3.63, 3.8) is 0 Å². The van der Waals surface area contributed by atoms with Crippen LogP contribution in [-0.2, 0) is 9.59 Å². The summed E-state index contributed by atoms with van der Waals surface area (Å²) in [6.45, 7) is 4.84. The highest BCUT2D eigenvalue weighted by atomic mass is 16.5. The van der Waals surface area contributed by atoms with E-state index in [4.69, 9.17) is 9.84 Å². The zero-order valence-electron chi connectivity index (χ0n) is 15.9. The molecule has 1 aromatic carbocycles. The number of carboxylic acids is 1. The molecule has 6 heteroatoms. The molecular formula is C20H30N2O4. The molecule has 1 unspecified atom stereocenters. The van der Waals surface area contributed by atoms with Gasteiger partial charge in [-0.15, -0.1) is 0 Å². The molecule has 2 rings (SSSR count). The predicted octanol–water partition coefficient (Wildman–Crippen LogP) is 2.63. The van der Waals surface area contributed by atoms with Crippen LogP contribution in [0.15, 0.2) is 24.3 Å². The monoisotopic (exact) mass is 362 g/mol. The lowest BCUT2D eigenvalue weighted by Crippen LogP contribution is -2.54. The van der Waals surface area contributed by atoms with Crippen molar-refractivity contribution in [2.45, 2.75) is 57.5 Å². The van der Waals surface area contributed by atoms with Crippen LogP contribution in [0.2, 0.25) is 0 Å². The van der Waals surface area contributed by atoms with Gasteiger partial charge < -0.3 is 15.2 Å².